The van der Waals surface area contributed by atoms with Crippen molar-refractivity contribution in [2.75, 3.05) is 29.8 Å². The van der Waals surface area contributed by atoms with Gasteiger partial charge in [0.2, 0.25) is 0 Å². The topological polar surface area (TPSA) is 107 Å². The lowest BCUT2D eigenvalue weighted by atomic mass is 10.2. The molecule has 28 heavy (non-hydrogen) atoms. The maximum absolute atomic E-state index is 12.3. The second kappa shape index (κ2) is 8.91. The molecule has 0 aliphatic heterocycles. The van der Waals surface area contributed by atoms with Crippen LogP contribution in [0.2, 0.25) is 0 Å². The van der Waals surface area contributed by atoms with E-state index in [1.54, 1.807) is 17.5 Å². The lowest BCUT2D eigenvalue weighted by molar-refractivity contribution is 0.304. The molecule has 0 spiro atoms. The van der Waals surface area contributed by atoms with E-state index in [-0.39, 0.29) is 11.5 Å². The Labute approximate surface area is 167 Å². The van der Waals surface area contributed by atoms with Crippen molar-refractivity contribution in [3.8, 4) is 0 Å². The van der Waals surface area contributed by atoms with Crippen molar-refractivity contribution in [3.63, 3.8) is 0 Å². The maximum atomic E-state index is 12.3. The fourth-order valence-corrected chi connectivity index (χ4v) is 4.10. The van der Waals surface area contributed by atoms with Crippen LogP contribution in [0.15, 0.2) is 75.2 Å². The third-order valence-corrected chi connectivity index (χ3v) is 5.98. The standard InChI is InChI=1S/C18H19N5O3S2/c1-23(11-12-24)16-6-2-14(3-7-16)20-21-15-4-8-17(9-5-15)28(25,26)22-18-19-10-13-27-18/h2-10,13,24H,11-12H2,1H3,(H,19,22). The molecule has 0 saturated carbocycles. The SMILES string of the molecule is CN(CCO)c1ccc(N=Nc2ccc(S(=O)(=O)Nc3nccs3)cc2)cc1. The highest BCUT2D eigenvalue weighted by atomic mass is 32.2. The van der Waals surface area contributed by atoms with Crippen LogP contribution in [0.5, 0.6) is 0 Å². The van der Waals surface area contributed by atoms with Gasteiger partial charge in [0.15, 0.2) is 5.13 Å². The summed E-state index contributed by atoms with van der Waals surface area (Å²) in [6, 6.07) is 13.5. The first-order valence-electron chi connectivity index (χ1n) is 8.34. The van der Waals surface area contributed by atoms with Crippen molar-refractivity contribution in [1.29, 1.82) is 0 Å². The second-order valence-corrected chi connectivity index (χ2v) is 8.38. The number of thiazole rings is 1. The summed E-state index contributed by atoms with van der Waals surface area (Å²) in [6.45, 7) is 0.635. The van der Waals surface area contributed by atoms with E-state index in [9.17, 15) is 8.42 Å². The molecule has 146 valence electrons. The van der Waals surface area contributed by atoms with E-state index in [0.29, 0.717) is 23.1 Å². The molecule has 2 N–H and O–H groups in total. The zero-order valence-corrected chi connectivity index (χ0v) is 16.7. The Kier molecular flexibility index (Phi) is 6.34. The Hall–Kier alpha value is -2.82. The molecule has 0 bridgehead atoms. The van der Waals surface area contributed by atoms with Crippen LogP contribution in [-0.2, 0) is 10.0 Å². The summed E-state index contributed by atoms with van der Waals surface area (Å²) < 4.78 is 27.0. The van der Waals surface area contributed by atoms with E-state index in [4.69, 9.17) is 5.11 Å². The number of aliphatic hydroxyl groups is 1. The molecule has 0 saturated heterocycles. The molecule has 10 heteroatoms. The normalized spacial score (nSPS) is 11.6. The van der Waals surface area contributed by atoms with Gasteiger partial charge in [-0.1, -0.05) is 0 Å². The van der Waals surface area contributed by atoms with Crippen LogP contribution in [-0.4, -0.2) is 38.7 Å². The van der Waals surface area contributed by atoms with Crippen LogP contribution >= 0.6 is 11.3 Å². The zero-order chi connectivity index (χ0) is 20.0. The minimum Gasteiger partial charge on any atom is -0.395 e. The van der Waals surface area contributed by atoms with Crippen LogP contribution in [0.1, 0.15) is 0 Å². The number of aliphatic hydroxyl groups excluding tert-OH is 1. The Morgan fingerprint density at radius 2 is 1.68 bits per heavy atom. The van der Waals surface area contributed by atoms with Gasteiger partial charge in [0, 0.05) is 30.9 Å². The van der Waals surface area contributed by atoms with Crippen molar-refractivity contribution in [3.05, 3.63) is 60.1 Å². The van der Waals surface area contributed by atoms with Crippen molar-refractivity contribution < 1.29 is 13.5 Å². The van der Waals surface area contributed by atoms with Crippen molar-refractivity contribution >= 4 is 43.6 Å². The van der Waals surface area contributed by atoms with Gasteiger partial charge in [0.1, 0.15) is 0 Å². The first-order chi connectivity index (χ1) is 13.5. The minimum absolute atomic E-state index is 0.0863. The van der Waals surface area contributed by atoms with Gasteiger partial charge in [-0.05, 0) is 48.5 Å². The molecule has 0 aliphatic rings. The van der Waals surface area contributed by atoms with Crippen LogP contribution in [0.25, 0.3) is 0 Å². The van der Waals surface area contributed by atoms with E-state index < -0.39 is 10.0 Å². The largest absolute Gasteiger partial charge is 0.395 e. The monoisotopic (exact) mass is 417 g/mol. The first-order valence-corrected chi connectivity index (χ1v) is 10.7. The molecule has 0 unspecified atom stereocenters. The van der Waals surface area contributed by atoms with Gasteiger partial charge in [-0.3, -0.25) is 4.72 Å². The fraction of sp³-hybridized carbons (Fsp3) is 0.167. The number of anilines is 2. The van der Waals surface area contributed by atoms with Gasteiger partial charge < -0.3 is 10.0 Å². The van der Waals surface area contributed by atoms with Crippen molar-refractivity contribution in [1.82, 2.24) is 4.98 Å². The van der Waals surface area contributed by atoms with Gasteiger partial charge >= 0.3 is 0 Å². The van der Waals surface area contributed by atoms with Gasteiger partial charge in [-0.2, -0.15) is 10.2 Å². The molecule has 0 aliphatic carbocycles. The lowest BCUT2D eigenvalue weighted by Crippen LogP contribution is -2.20. The number of nitrogens with zero attached hydrogens (tertiary/aromatic N) is 4. The summed E-state index contributed by atoms with van der Waals surface area (Å²) in [4.78, 5) is 5.97. The zero-order valence-electron chi connectivity index (χ0n) is 15.1. The molecule has 0 radical (unpaired) electrons. The summed E-state index contributed by atoms with van der Waals surface area (Å²) >= 11 is 1.21. The quantitative estimate of drug-likeness (QED) is 0.542. The van der Waals surface area contributed by atoms with Crippen molar-refractivity contribution in [2.24, 2.45) is 10.2 Å². The lowest BCUT2D eigenvalue weighted by Gasteiger charge is -2.17. The van der Waals surface area contributed by atoms with Crippen LogP contribution in [0.3, 0.4) is 0 Å². The average molecular weight is 418 g/mol. The van der Waals surface area contributed by atoms with E-state index in [1.807, 2.05) is 36.2 Å². The number of benzene rings is 2. The molecule has 0 atom stereocenters. The average Bonchev–Trinajstić information content (AvgIpc) is 3.19. The first kappa shape index (κ1) is 19.9. The summed E-state index contributed by atoms with van der Waals surface area (Å²) in [6.07, 6.45) is 1.53. The second-order valence-electron chi connectivity index (χ2n) is 5.80. The highest BCUT2D eigenvalue weighted by molar-refractivity contribution is 7.93. The molecule has 8 nitrogen and oxygen atoms in total. The Morgan fingerprint density at radius 1 is 1.07 bits per heavy atom. The van der Waals surface area contributed by atoms with E-state index in [2.05, 4.69) is 19.9 Å². The fourth-order valence-electron chi connectivity index (χ4n) is 2.31. The van der Waals surface area contributed by atoms with Gasteiger partial charge in [0.25, 0.3) is 10.0 Å². The molecular formula is C18H19N5O3S2. The van der Waals surface area contributed by atoms with Gasteiger partial charge in [-0.25, -0.2) is 13.4 Å². The molecule has 3 aromatic rings. The molecular weight excluding hydrogens is 398 g/mol. The Morgan fingerprint density at radius 3 is 2.21 bits per heavy atom. The number of hydrogen-bond acceptors (Lipinski definition) is 8. The Balaban J connectivity index is 1.67. The van der Waals surface area contributed by atoms with Gasteiger partial charge in [0.05, 0.1) is 22.9 Å². The van der Waals surface area contributed by atoms with Crippen LogP contribution in [0, 0.1) is 0 Å². The number of aromatic nitrogens is 1. The number of likely N-dealkylation sites (N-methyl/N-ethyl adjacent to an activating group) is 1. The Bertz CT molecular complexity index is 1020. The molecule has 0 amide bonds. The third kappa shape index (κ3) is 5.12. The highest BCUT2D eigenvalue weighted by Gasteiger charge is 2.15. The van der Waals surface area contributed by atoms with E-state index >= 15 is 0 Å². The summed E-state index contributed by atoms with van der Waals surface area (Å²) in [5.41, 5.74) is 2.17. The highest BCUT2D eigenvalue weighted by Crippen LogP contribution is 2.24. The number of rotatable bonds is 8. The van der Waals surface area contributed by atoms with E-state index in [1.165, 1.54) is 29.7 Å². The number of sulfonamides is 1. The summed E-state index contributed by atoms with van der Waals surface area (Å²) in [5.74, 6) is 0. The van der Waals surface area contributed by atoms with Gasteiger partial charge in [-0.15, -0.1) is 11.3 Å². The summed E-state index contributed by atoms with van der Waals surface area (Å²) in [7, 11) is -1.79. The number of nitrogens with one attached hydrogen (secondary N) is 1. The molecule has 1 heterocycles. The minimum atomic E-state index is -3.68. The smallest absolute Gasteiger partial charge is 0.263 e. The maximum Gasteiger partial charge on any atom is 0.263 e. The predicted molar refractivity (Wildman–Crippen MR) is 110 cm³/mol. The third-order valence-electron chi connectivity index (χ3n) is 3.81. The molecule has 1 aromatic heterocycles. The molecule has 2 aromatic carbocycles. The predicted octanol–water partition coefficient (Wildman–Crippen LogP) is 3.79. The molecule has 0 fully saturated rings. The molecule has 3 rings (SSSR count). The van der Waals surface area contributed by atoms with Crippen LogP contribution < -0.4 is 9.62 Å². The van der Waals surface area contributed by atoms with E-state index in [0.717, 1.165) is 5.69 Å². The number of hydrogen-bond donors (Lipinski definition) is 2. The summed E-state index contributed by atoms with van der Waals surface area (Å²) in [5, 5.41) is 19.3. The van der Waals surface area contributed by atoms with Crippen LogP contribution in [0.4, 0.5) is 22.2 Å². The number of azo groups is 1. The van der Waals surface area contributed by atoms with Crippen molar-refractivity contribution in [2.45, 2.75) is 4.90 Å².